The SMILES string of the molecule is CCCC(NC(=O)C(C)CC)C(=O)Nc1cccc(N2CCCC2)c1. The smallest absolute Gasteiger partial charge is 0.246 e. The summed E-state index contributed by atoms with van der Waals surface area (Å²) in [6.45, 7) is 8.02. The van der Waals surface area contributed by atoms with Crippen LogP contribution in [0.5, 0.6) is 0 Å². The second kappa shape index (κ2) is 9.44. The largest absolute Gasteiger partial charge is 0.371 e. The molecule has 0 saturated carbocycles. The number of hydrogen-bond acceptors (Lipinski definition) is 3. The molecular weight excluding hydrogens is 314 g/mol. The van der Waals surface area contributed by atoms with Gasteiger partial charge in [-0.3, -0.25) is 9.59 Å². The van der Waals surface area contributed by atoms with Crippen LogP contribution in [0, 0.1) is 5.92 Å². The number of benzene rings is 1. The van der Waals surface area contributed by atoms with Gasteiger partial charge in [0.05, 0.1) is 0 Å². The maximum Gasteiger partial charge on any atom is 0.246 e. The van der Waals surface area contributed by atoms with Crippen molar-refractivity contribution >= 4 is 23.2 Å². The Labute approximate surface area is 151 Å². The van der Waals surface area contributed by atoms with E-state index in [1.165, 1.54) is 12.8 Å². The van der Waals surface area contributed by atoms with Crippen LogP contribution in [0.1, 0.15) is 52.9 Å². The van der Waals surface area contributed by atoms with Crippen molar-refractivity contribution in [2.24, 2.45) is 5.92 Å². The molecule has 0 spiro atoms. The first-order valence-corrected chi connectivity index (χ1v) is 9.51. The molecule has 1 aliphatic rings. The number of amides is 2. The Kier molecular flexibility index (Phi) is 7.29. The average Bonchev–Trinajstić information content (AvgIpc) is 3.15. The van der Waals surface area contributed by atoms with E-state index in [0.29, 0.717) is 6.42 Å². The number of rotatable bonds is 8. The third kappa shape index (κ3) is 5.48. The minimum Gasteiger partial charge on any atom is -0.371 e. The summed E-state index contributed by atoms with van der Waals surface area (Å²) in [7, 11) is 0. The van der Waals surface area contributed by atoms with Crippen LogP contribution >= 0.6 is 0 Å². The molecule has 0 bridgehead atoms. The Balaban J connectivity index is 2.02. The van der Waals surface area contributed by atoms with Crippen LogP contribution in [0.4, 0.5) is 11.4 Å². The van der Waals surface area contributed by atoms with E-state index in [4.69, 9.17) is 0 Å². The van der Waals surface area contributed by atoms with Gasteiger partial charge in [0, 0.05) is 30.4 Å². The van der Waals surface area contributed by atoms with Crippen molar-refractivity contribution in [3.05, 3.63) is 24.3 Å². The summed E-state index contributed by atoms with van der Waals surface area (Å²) in [4.78, 5) is 27.1. The van der Waals surface area contributed by atoms with E-state index in [-0.39, 0.29) is 17.7 Å². The molecule has 25 heavy (non-hydrogen) atoms. The van der Waals surface area contributed by atoms with E-state index in [1.54, 1.807) is 0 Å². The van der Waals surface area contributed by atoms with Crippen molar-refractivity contribution in [2.75, 3.05) is 23.3 Å². The number of carbonyl (C=O) groups is 2. The second-order valence-corrected chi connectivity index (χ2v) is 6.89. The lowest BCUT2D eigenvalue weighted by Gasteiger charge is -2.21. The predicted molar refractivity (Wildman–Crippen MR) is 103 cm³/mol. The molecule has 5 heteroatoms. The first kappa shape index (κ1) is 19.3. The molecule has 2 atom stereocenters. The molecule has 1 aromatic carbocycles. The van der Waals surface area contributed by atoms with Crippen molar-refractivity contribution < 1.29 is 9.59 Å². The van der Waals surface area contributed by atoms with Gasteiger partial charge in [-0.2, -0.15) is 0 Å². The highest BCUT2D eigenvalue weighted by molar-refractivity contribution is 5.97. The number of hydrogen-bond donors (Lipinski definition) is 2. The fourth-order valence-corrected chi connectivity index (χ4v) is 3.04. The maximum atomic E-state index is 12.6. The molecule has 2 unspecified atom stereocenters. The van der Waals surface area contributed by atoms with Gasteiger partial charge in [0.2, 0.25) is 11.8 Å². The minimum absolute atomic E-state index is 0.0538. The van der Waals surface area contributed by atoms with Gasteiger partial charge in [-0.05, 0) is 43.9 Å². The zero-order chi connectivity index (χ0) is 18.2. The molecule has 2 N–H and O–H groups in total. The van der Waals surface area contributed by atoms with Gasteiger partial charge in [-0.1, -0.05) is 33.3 Å². The van der Waals surface area contributed by atoms with Crippen LogP contribution < -0.4 is 15.5 Å². The first-order chi connectivity index (χ1) is 12.0. The Morgan fingerprint density at radius 2 is 1.88 bits per heavy atom. The van der Waals surface area contributed by atoms with Gasteiger partial charge in [-0.15, -0.1) is 0 Å². The van der Waals surface area contributed by atoms with Crippen LogP contribution in [0.2, 0.25) is 0 Å². The minimum atomic E-state index is -0.484. The van der Waals surface area contributed by atoms with Crippen LogP contribution in [0.25, 0.3) is 0 Å². The lowest BCUT2D eigenvalue weighted by molar-refractivity contribution is -0.129. The molecule has 1 fully saturated rings. The summed E-state index contributed by atoms with van der Waals surface area (Å²) in [6.07, 6.45) is 4.68. The highest BCUT2D eigenvalue weighted by Crippen LogP contribution is 2.23. The molecule has 2 amide bonds. The van der Waals surface area contributed by atoms with Crippen molar-refractivity contribution in [1.29, 1.82) is 0 Å². The third-order valence-corrected chi connectivity index (χ3v) is 4.86. The van der Waals surface area contributed by atoms with E-state index in [2.05, 4.69) is 21.6 Å². The molecule has 0 aromatic heterocycles. The van der Waals surface area contributed by atoms with E-state index in [9.17, 15) is 9.59 Å². The predicted octanol–water partition coefficient (Wildman–Crippen LogP) is 3.56. The molecule has 1 heterocycles. The van der Waals surface area contributed by atoms with Crippen LogP contribution in [0.15, 0.2) is 24.3 Å². The molecule has 1 saturated heterocycles. The molecule has 0 radical (unpaired) electrons. The molecule has 1 aliphatic heterocycles. The van der Waals surface area contributed by atoms with Crippen molar-refractivity contribution in [3.8, 4) is 0 Å². The summed E-state index contributed by atoms with van der Waals surface area (Å²) >= 11 is 0. The zero-order valence-corrected chi connectivity index (χ0v) is 15.7. The standard InChI is InChI=1S/C20H31N3O2/c1-4-9-18(22-19(24)15(3)5-2)20(25)21-16-10-8-11-17(14-16)23-12-6-7-13-23/h8,10-11,14-15,18H,4-7,9,12-13H2,1-3H3,(H,21,25)(H,22,24). The molecule has 2 rings (SSSR count). The Bertz CT molecular complexity index is 582. The van der Waals surface area contributed by atoms with Gasteiger partial charge in [-0.25, -0.2) is 0 Å². The topological polar surface area (TPSA) is 61.4 Å². The Morgan fingerprint density at radius 1 is 1.16 bits per heavy atom. The van der Waals surface area contributed by atoms with Crippen LogP contribution in [-0.2, 0) is 9.59 Å². The Hall–Kier alpha value is -2.04. The van der Waals surface area contributed by atoms with Gasteiger partial charge in [0.15, 0.2) is 0 Å². The van der Waals surface area contributed by atoms with Crippen LogP contribution in [-0.4, -0.2) is 30.9 Å². The number of anilines is 2. The number of nitrogens with one attached hydrogen (secondary N) is 2. The van der Waals surface area contributed by atoms with E-state index in [1.807, 2.05) is 39.0 Å². The van der Waals surface area contributed by atoms with Crippen molar-refractivity contribution in [3.63, 3.8) is 0 Å². The van der Waals surface area contributed by atoms with Crippen molar-refractivity contribution in [2.45, 2.75) is 58.9 Å². The van der Waals surface area contributed by atoms with Crippen LogP contribution in [0.3, 0.4) is 0 Å². The van der Waals surface area contributed by atoms with Gasteiger partial charge in [0.1, 0.15) is 6.04 Å². The fraction of sp³-hybridized carbons (Fsp3) is 0.600. The van der Waals surface area contributed by atoms with Crippen molar-refractivity contribution in [1.82, 2.24) is 5.32 Å². The first-order valence-electron chi connectivity index (χ1n) is 9.51. The summed E-state index contributed by atoms with van der Waals surface area (Å²) in [5.74, 6) is -0.273. The number of carbonyl (C=O) groups excluding carboxylic acids is 2. The van der Waals surface area contributed by atoms with E-state index < -0.39 is 6.04 Å². The molecular formula is C20H31N3O2. The summed E-state index contributed by atoms with van der Waals surface area (Å²) in [5.41, 5.74) is 1.93. The fourth-order valence-electron chi connectivity index (χ4n) is 3.04. The summed E-state index contributed by atoms with van der Waals surface area (Å²) in [6, 6.07) is 7.48. The Morgan fingerprint density at radius 3 is 2.52 bits per heavy atom. The van der Waals surface area contributed by atoms with E-state index in [0.717, 1.165) is 37.3 Å². The van der Waals surface area contributed by atoms with Gasteiger partial charge >= 0.3 is 0 Å². The lowest BCUT2D eigenvalue weighted by atomic mass is 10.1. The second-order valence-electron chi connectivity index (χ2n) is 6.89. The summed E-state index contributed by atoms with van der Waals surface area (Å²) < 4.78 is 0. The summed E-state index contributed by atoms with van der Waals surface area (Å²) in [5, 5.41) is 5.87. The third-order valence-electron chi connectivity index (χ3n) is 4.86. The molecule has 138 valence electrons. The van der Waals surface area contributed by atoms with E-state index >= 15 is 0 Å². The highest BCUT2D eigenvalue weighted by Gasteiger charge is 2.22. The zero-order valence-electron chi connectivity index (χ0n) is 15.7. The quantitative estimate of drug-likeness (QED) is 0.757. The number of nitrogens with zero attached hydrogens (tertiary/aromatic N) is 1. The average molecular weight is 345 g/mol. The normalized spacial score (nSPS) is 16.4. The maximum absolute atomic E-state index is 12.6. The molecule has 5 nitrogen and oxygen atoms in total. The van der Waals surface area contributed by atoms with Gasteiger partial charge in [0.25, 0.3) is 0 Å². The van der Waals surface area contributed by atoms with Gasteiger partial charge < -0.3 is 15.5 Å². The molecule has 1 aromatic rings. The lowest BCUT2D eigenvalue weighted by Crippen LogP contribution is -2.45. The highest BCUT2D eigenvalue weighted by atomic mass is 16.2. The molecule has 0 aliphatic carbocycles. The monoisotopic (exact) mass is 345 g/mol.